The molecule has 2 rings (SSSR count). The number of alkyl halides is 3. The Hall–Kier alpha value is -0.872. The maximum atomic E-state index is 12.8. The normalized spacial score (nSPS) is 12.9. The SMILES string of the molecule is Fc1cc(C2=C[N-]2)cc(C(F)(F)F)c1.[NH2-].[W+2]. The third-order valence-corrected chi connectivity index (χ3v) is 1.78. The molecule has 0 atom stereocenters. The molecule has 0 fully saturated rings. The van der Waals surface area contributed by atoms with Crippen LogP contribution in [0.5, 0.6) is 0 Å². The molecular weight excluding hydrogens is 396 g/mol. The monoisotopic (exact) mass is 402 g/mol. The average molecular weight is 402 g/mol. The van der Waals surface area contributed by atoms with Gasteiger partial charge in [0.15, 0.2) is 0 Å². The molecule has 1 aromatic rings. The fourth-order valence-corrected chi connectivity index (χ4v) is 1.08. The zero-order valence-electron chi connectivity index (χ0n) is 7.75. The van der Waals surface area contributed by atoms with E-state index in [2.05, 4.69) is 5.32 Å². The van der Waals surface area contributed by atoms with Gasteiger partial charge in [-0.15, -0.1) is 0 Å². The number of hydrogen-bond donors (Lipinski definition) is 0. The van der Waals surface area contributed by atoms with E-state index in [9.17, 15) is 17.6 Å². The largest absolute Gasteiger partial charge is 2.00 e. The van der Waals surface area contributed by atoms with E-state index in [0.29, 0.717) is 11.8 Å². The molecule has 7 heteroatoms. The summed E-state index contributed by atoms with van der Waals surface area (Å²) in [5.41, 5.74) is -0.428. The van der Waals surface area contributed by atoms with Crippen molar-refractivity contribution in [2.24, 2.45) is 0 Å². The topological polar surface area (TPSA) is 47.6 Å². The van der Waals surface area contributed by atoms with Gasteiger partial charge in [-0.25, -0.2) is 4.39 Å². The van der Waals surface area contributed by atoms with Gasteiger partial charge in [0.2, 0.25) is 0 Å². The first-order chi connectivity index (χ1) is 6.47. The van der Waals surface area contributed by atoms with Crippen LogP contribution in [-0.4, -0.2) is 0 Å². The Balaban J connectivity index is 0.00000112. The van der Waals surface area contributed by atoms with Gasteiger partial charge in [-0.2, -0.15) is 25.1 Å². The van der Waals surface area contributed by atoms with E-state index < -0.39 is 17.6 Å². The number of hydrogen-bond acceptors (Lipinski definition) is 0. The number of benzene rings is 1. The first kappa shape index (κ1) is 15.1. The molecular formula is C9H6F4N2W. The summed E-state index contributed by atoms with van der Waals surface area (Å²) in [5.74, 6) is -0.905. The van der Waals surface area contributed by atoms with Crippen LogP contribution in [0.2, 0.25) is 0 Å². The molecule has 0 aromatic heterocycles. The summed E-state index contributed by atoms with van der Waals surface area (Å²) in [6.07, 6.45) is -3.14. The average Bonchev–Trinajstić information content (AvgIpc) is 2.83. The summed E-state index contributed by atoms with van der Waals surface area (Å²) >= 11 is 0. The first-order valence-electron chi connectivity index (χ1n) is 3.76. The second kappa shape index (κ2) is 4.97. The fraction of sp³-hybridized carbons (Fsp3) is 0.111. The maximum absolute atomic E-state index is 12.8. The summed E-state index contributed by atoms with van der Waals surface area (Å²) in [6, 6.07) is 2.37. The summed E-state index contributed by atoms with van der Waals surface area (Å²) in [4.78, 5) is 0. The quantitative estimate of drug-likeness (QED) is 0.632. The van der Waals surface area contributed by atoms with Gasteiger partial charge in [0.05, 0.1) is 5.56 Å². The Labute approximate surface area is 104 Å². The van der Waals surface area contributed by atoms with Crippen LogP contribution in [0.25, 0.3) is 17.2 Å². The van der Waals surface area contributed by atoms with Crippen molar-refractivity contribution in [3.8, 4) is 0 Å². The smallest absolute Gasteiger partial charge is 0.693 e. The van der Waals surface area contributed by atoms with Crippen LogP contribution < -0.4 is 0 Å². The number of nitrogens with two attached hydrogens (primary N) is 1. The Morgan fingerprint density at radius 3 is 2.06 bits per heavy atom. The molecule has 1 aliphatic rings. The molecule has 2 N–H and O–H groups in total. The second-order valence-corrected chi connectivity index (χ2v) is 2.87. The molecule has 16 heavy (non-hydrogen) atoms. The number of halogens is 4. The maximum Gasteiger partial charge on any atom is 2.00 e. The van der Waals surface area contributed by atoms with Crippen LogP contribution >= 0.6 is 0 Å². The van der Waals surface area contributed by atoms with Crippen molar-refractivity contribution >= 4 is 5.70 Å². The minimum atomic E-state index is -4.52. The standard InChI is InChI=1S/C9H4F4N.H2N.W/c10-7-2-5(8-4-14-8)1-6(3-7)9(11,12)13;;/h1-4H;1H2;/q2*-1;+2. The van der Waals surface area contributed by atoms with E-state index in [1.165, 1.54) is 6.20 Å². The summed E-state index contributed by atoms with van der Waals surface area (Å²) in [5, 5.41) is 3.59. The van der Waals surface area contributed by atoms with E-state index in [4.69, 9.17) is 0 Å². The number of rotatable bonds is 1. The van der Waals surface area contributed by atoms with Crippen LogP contribution in [0.3, 0.4) is 0 Å². The van der Waals surface area contributed by atoms with Gasteiger partial charge in [0.1, 0.15) is 5.82 Å². The van der Waals surface area contributed by atoms with Gasteiger partial charge in [-0.05, 0) is 23.8 Å². The van der Waals surface area contributed by atoms with Crippen molar-refractivity contribution in [2.45, 2.75) is 6.18 Å². The van der Waals surface area contributed by atoms with Crippen LogP contribution in [0.1, 0.15) is 11.1 Å². The third kappa shape index (κ3) is 3.32. The van der Waals surface area contributed by atoms with E-state index in [1.807, 2.05) is 0 Å². The summed E-state index contributed by atoms with van der Waals surface area (Å²) in [6.45, 7) is 0. The Kier molecular flexibility index (Phi) is 4.70. The molecule has 0 amide bonds. The van der Waals surface area contributed by atoms with E-state index >= 15 is 0 Å². The molecule has 86 valence electrons. The van der Waals surface area contributed by atoms with Crippen LogP contribution in [0.4, 0.5) is 17.6 Å². The summed E-state index contributed by atoms with van der Waals surface area (Å²) < 4.78 is 49.4. The molecule has 0 radical (unpaired) electrons. The van der Waals surface area contributed by atoms with Gasteiger partial charge in [0.25, 0.3) is 0 Å². The van der Waals surface area contributed by atoms with Gasteiger partial charge in [-0.1, -0.05) is 0 Å². The van der Waals surface area contributed by atoms with Gasteiger partial charge >= 0.3 is 27.2 Å². The van der Waals surface area contributed by atoms with Gasteiger partial charge < -0.3 is 11.5 Å². The molecule has 0 saturated carbocycles. The van der Waals surface area contributed by atoms with E-state index in [1.54, 1.807) is 0 Å². The van der Waals surface area contributed by atoms with Crippen LogP contribution in [0, 0.1) is 5.82 Å². The molecule has 1 heterocycles. The van der Waals surface area contributed by atoms with E-state index in [0.717, 1.165) is 12.1 Å². The zero-order chi connectivity index (χ0) is 10.3. The molecule has 0 bridgehead atoms. The Bertz CT molecular complexity index is 414. The van der Waals surface area contributed by atoms with Crippen molar-refractivity contribution in [3.63, 3.8) is 0 Å². The van der Waals surface area contributed by atoms with Gasteiger partial charge in [0, 0.05) is 0 Å². The van der Waals surface area contributed by atoms with Crippen molar-refractivity contribution in [1.82, 2.24) is 0 Å². The first-order valence-corrected chi connectivity index (χ1v) is 3.76. The van der Waals surface area contributed by atoms with Crippen molar-refractivity contribution in [1.29, 1.82) is 0 Å². The fourth-order valence-electron chi connectivity index (χ4n) is 1.08. The van der Waals surface area contributed by atoms with Crippen molar-refractivity contribution in [2.75, 3.05) is 0 Å². The third-order valence-electron chi connectivity index (χ3n) is 1.78. The Morgan fingerprint density at radius 1 is 1.06 bits per heavy atom. The van der Waals surface area contributed by atoms with Crippen LogP contribution in [0.15, 0.2) is 24.4 Å². The molecule has 2 nitrogen and oxygen atoms in total. The Morgan fingerprint density at radius 2 is 1.62 bits per heavy atom. The van der Waals surface area contributed by atoms with Crippen molar-refractivity contribution in [3.05, 3.63) is 52.8 Å². The summed E-state index contributed by atoms with van der Waals surface area (Å²) in [7, 11) is 0. The van der Waals surface area contributed by atoms with Crippen LogP contribution in [-0.2, 0) is 27.2 Å². The predicted molar refractivity (Wildman–Crippen MR) is 48.0 cm³/mol. The minimum Gasteiger partial charge on any atom is -0.693 e. The molecule has 1 aliphatic heterocycles. The van der Waals surface area contributed by atoms with Crippen molar-refractivity contribution < 1.29 is 38.6 Å². The minimum absolute atomic E-state index is 0. The number of nitrogens with zero attached hydrogens (tertiary/aromatic N) is 1. The zero-order valence-corrected chi connectivity index (χ0v) is 10.7. The van der Waals surface area contributed by atoms with E-state index in [-0.39, 0.29) is 32.8 Å². The molecule has 0 saturated heterocycles. The molecule has 1 aromatic carbocycles. The molecule has 0 spiro atoms. The molecule has 0 aliphatic carbocycles. The van der Waals surface area contributed by atoms with Gasteiger partial charge in [-0.3, -0.25) is 0 Å². The molecule has 0 unspecified atom stereocenters. The predicted octanol–water partition coefficient (Wildman–Crippen LogP) is 4.24. The second-order valence-electron chi connectivity index (χ2n) is 2.87.